The maximum Gasteiger partial charge on any atom is 0.129 e. The summed E-state index contributed by atoms with van der Waals surface area (Å²) in [6.07, 6.45) is 4.13. The molecule has 1 aliphatic heterocycles. The van der Waals surface area contributed by atoms with Gasteiger partial charge in [-0.05, 0) is 39.0 Å². The molecule has 0 radical (unpaired) electrons. The summed E-state index contributed by atoms with van der Waals surface area (Å²) in [5.41, 5.74) is 0. The summed E-state index contributed by atoms with van der Waals surface area (Å²) >= 11 is 0. The Kier molecular flexibility index (Phi) is 3.62. The number of ether oxygens (including phenoxy) is 1. The molecule has 88 valence electrons. The van der Waals surface area contributed by atoms with Crippen molar-refractivity contribution >= 4 is 5.82 Å². The zero-order valence-electron chi connectivity index (χ0n) is 9.94. The van der Waals surface area contributed by atoms with Crippen molar-refractivity contribution in [1.29, 1.82) is 0 Å². The van der Waals surface area contributed by atoms with Crippen LogP contribution >= 0.6 is 0 Å². The van der Waals surface area contributed by atoms with Crippen molar-refractivity contribution < 1.29 is 4.74 Å². The Balaban J connectivity index is 1.93. The fourth-order valence-corrected chi connectivity index (χ4v) is 1.98. The molecule has 4 heteroatoms. The third-order valence-corrected chi connectivity index (χ3v) is 3.04. The lowest BCUT2D eigenvalue weighted by Gasteiger charge is -2.29. The van der Waals surface area contributed by atoms with Crippen molar-refractivity contribution in [2.24, 2.45) is 0 Å². The van der Waals surface area contributed by atoms with E-state index in [9.17, 15) is 0 Å². The molecule has 0 bridgehead atoms. The van der Waals surface area contributed by atoms with E-state index in [4.69, 9.17) is 4.74 Å². The average Bonchev–Trinajstić information content (AvgIpc) is 2.32. The van der Waals surface area contributed by atoms with Gasteiger partial charge in [-0.15, -0.1) is 0 Å². The number of aromatic nitrogens is 1. The molecule has 1 aromatic heterocycles. The molecule has 1 aromatic rings. The molecule has 0 atom stereocenters. The second kappa shape index (κ2) is 5.16. The van der Waals surface area contributed by atoms with Crippen molar-refractivity contribution in [3.05, 3.63) is 18.3 Å². The predicted octanol–water partition coefficient (Wildman–Crippen LogP) is 1.60. The highest BCUT2D eigenvalue weighted by Gasteiger charge is 2.16. The smallest absolute Gasteiger partial charge is 0.129 e. The Morgan fingerprint density at radius 2 is 2.19 bits per heavy atom. The Bertz CT molecular complexity index is 335. The second-order valence-corrected chi connectivity index (χ2v) is 4.30. The Morgan fingerprint density at radius 3 is 2.88 bits per heavy atom. The van der Waals surface area contributed by atoms with Gasteiger partial charge in [-0.1, -0.05) is 0 Å². The summed E-state index contributed by atoms with van der Waals surface area (Å²) in [5.74, 6) is 1.76. The van der Waals surface area contributed by atoms with Gasteiger partial charge >= 0.3 is 0 Å². The highest BCUT2D eigenvalue weighted by molar-refractivity contribution is 5.41. The molecule has 0 spiro atoms. The van der Waals surface area contributed by atoms with Gasteiger partial charge in [0, 0.05) is 18.3 Å². The quantitative estimate of drug-likeness (QED) is 0.841. The van der Waals surface area contributed by atoms with E-state index in [1.165, 1.54) is 12.8 Å². The van der Waals surface area contributed by atoms with E-state index in [0.717, 1.165) is 24.7 Å². The number of rotatable bonds is 3. The first kappa shape index (κ1) is 11.2. The van der Waals surface area contributed by atoms with Crippen LogP contribution in [-0.2, 0) is 0 Å². The van der Waals surface area contributed by atoms with Crippen LogP contribution in [0.15, 0.2) is 18.3 Å². The summed E-state index contributed by atoms with van der Waals surface area (Å²) in [6.45, 7) is 2.31. The van der Waals surface area contributed by atoms with Crippen LogP contribution in [0.25, 0.3) is 0 Å². The van der Waals surface area contributed by atoms with E-state index in [-0.39, 0.29) is 0 Å². The largest absolute Gasteiger partial charge is 0.497 e. The minimum atomic E-state index is 0.538. The highest BCUT2D eigenvalue weighted by Crippen LogP contribution is 2.17. The first-order chi connectivity index (χ1) is 7.78. The van der Waals surface area contributed by atoms with Crippen molar-refractivity contribution in [2.45, 2.75) is 18.9 Å². The number of hydrogen-bond donors (Lipinski definition) is 1. The number of methoxy groups -OCH3 is 1. The lowest BCUT2D eigenvalue weighted by molar-refractivity contribution is 0.263. The van der Waals surface area contributed by atoms with Crippen LogP contribution in [0.2, 0.25) is 0 Å². The van der Waals surface area contributed by atoms with E-state index < -0.39 is 0 Å². The molecule has 0 saturated carbocycles. The maximum absolute atomic E-state index is 5.17. The monoisotopic (exact) mass is 221 g/mol. The number of nitrogens with one attached hydrogen (secondary N) is 1. The standard InChI is InChI=1S/C12H19N3O/c1-15-7-4-10(5-8-15)14-12-9-11(16-2)3-6-13-12/h3,6,9-10H,4-5,7-8H2,1-2H3,(H,13,14). The topological polar surface area (TPSA) is 37.4 Å². The molecule has 4 nitrogen and oxygen atoms in total. The van der Waals surface area contributed by atoms with Gasteiger partial charge in [0.15, 0.2) is 0 Å². The van der Waals surface area contributed by atoms with Crippen molar-refractivity contribution in [3.63, 3.8) is 0 Å². The van der Waals surface area contributed by atoms with Crippen LogP contribution in [0.5, 0.6) is 5.75 Å². The van der Waals surface area contributed by atoms with Crippen LogP contribution in [0.3, 0.4) is 0 Å². The number of hydrogen-bond acceptors (Lipinski definition) is 4. The SMILES string of the molecule is COc1ccnc(NC2CCN(C)CC2)c1. The van der Waals surface area contributed by atoms with Gasteiger partial charge in [0.05, 0.1) is 7.11 Å². The van der Waals surface area contributed by atoms with E-state index in [2.05, 4.69) is 22.2 Å². The van der Waals surface area contributed by atoms with Gasteiger partial charge < -0.3 is 15.0 Å². The molecule has 1 fully saturated rings. The van der Waals surface area contributed by atoms with Crippen molar-refractivity contribution in [1.82, 2.24) is 9.88 Å². The fraction of sp³-hybridized carbons (Fsp3) is 0.583. The minimum absolute atomic E-state index is 0.538. The minimum Gasteiger partial charge on any atom is -0.497 e. The lowest BCUT2D eigenvalue weighted by Crippen LogP contribution is -2.36. The third kappa shape index (κ3) is 2.85. The number of piperidine rings is 1. The first-order valence-corrected chi connectivity index (χ1v) is 5.73. The molecular weight excluding hydrogens is 202 g/mol. The normalized spacial score (nSPS) is 18.4. The molecule has 2 rings (SSSR count). The van der Waals surface area contributed by atoms with Crippen molar-refractivity contribution in [3.8, 4) is 5.75 Å². The molecule has 1 N–H and O–H groups in total. The second-order valence-electron chi connectivity index (χ2n) is 4.30. The molecule has 0 aromatic carbocycles. The van der Waals surface area contributed by atoms with E-state index in [1.807, 2.05) is 12.1 Å². The van der Waals surface area contributed by atoms with E-state index in [0.29, 0.717) is 6.04 Å². The predicted molar refractivity (Wildman–Crippen MR) is 64.9 cm³/mol. The molecule has 1 saturated heterocycles. The number of pyridine rings is 1. The Hall–Kier alpha value is -1.29. The summed E-state index contributed by atoms with van der Waals surface area (Å²) in [4.78, 5) is 6.65. The summed E-state index contributed by atoms with van der Waals surface area (Å²) in [6, 6.07) is 4.34. The van der Waals surface area contributed by atoms with Gasteiger partial charge in [0.1, 0.15) is 11.6 Å². The zero-order valence-corrected chi connectivity index (χ0v) is 9.94. The van der Waals surface area contributed by atoms with Crippen LogP contribution in [-0.4, -0.2) is 43.2 Å². The number of likely N-dealkylation sites (tertiary alicyclic amines) is 1. The van der Waals surface area contributed by atoms with Gasteiger partial charge in [0.2, 0.25) is 0 Å². The van der Waals surface area contributed by atoms with Crippen LogP contribution in [0, 0.1) is 0 Å². The molecule has 0 aliphatic carbocycles. The maximum atomic E-state index is 5.17. The van der Waals surface area contributed by atoms with Gasteiger partial charge in [-0.2, -0.15) is 0 Å². The van der Waals surface area contributed by atoms with Gasteiger partial charge in [0.25, 0.3) is 0 Å². The fourth-order valence-electron chi connectivity index (χ4n) is 1.98. The van der Waals surface area contributed by atoms with Gasteiger partial charge in [-0.25, -0.2) is 4.98 Å². The third-order valence-electron chi connectivity index (χ3n) is 3.04. The molecule has 2 heterocycles. The number of anilines is 1. The Labute approximate surface area is 96.6 Å². The van der Waals surface area contributed by atoms with Crippen LogP contribution < -0.4 is 10.1 Å². The summed E-state index contributed by atoms with van der Waals surface area (Å²) in [5, 5.41) is 3.46. The lowest BCUT2D eigenvalue weighted by atomic mass is 10.1. The van der Waals surface area contributed by atoms with Crippen LogP contribution in [0.1, 0.15) is 12.8 Å². The van der Waals surface area contributed by atoms with E-state index >= 15 is 0 Å². The average molecular weight is 221 g/mol. The Morgan fingerprint density at radius 1 is 1.44 bits per heavy atom. The highest BCUT2D eigenvalue weighted by atomic mass is 16.5. The molecule has 1 aliphatic rings. The van der Waals surface area contributed by atoms with Crippen molar-refractivity contribution in [2.75, 3.05) is 32.6 Å². The first-order valence-electron chi connectivity index (χ1n) is 5.73. The molecule has 16 heavy (non-hydrogen) atoms. The summed E-state index contributed by atoms with van der Waals surface area (Å²) in [7, 11) is 3.84. The molecule has 0 amide bonds. The molecular formula is C12H19N3O. The summed E-state index contributed by atoms with van der Waals surface area (Å²) < 4.78 is 5.17. The van der Waals surface area contributed by atoms with Crippen LogP contribution in [0.4, 0.5) is 5.82 Å². The zero-order chi connectivity index (χ0) is 11.4. The van der Waals surface area contributed by atoms with E-state index in [1.54, 1.807) is 13.3 Å². The van der Waals surface area contributed by atoms with Gasteiger partial charge in [-0.3, -0.25) is 0 Å². The number of nitrogens with zero attached hydrogens (tertiary/aromatic N) is 2. The molecule has 0 unspecified atom stereocenters.